The van der Waals surface area contributed by atoms with Crippen LogP contribution in [0.3, 0.4) is 0 Å². The number of hydrogen-bond donors (Lipinski definition) is 1. The third-order valence-electron chi connectivity index (χ3n) is 3.02. The van der Waals surface area contributed by atoms with Gasteiger partial charge in [-0.2, -0.15) is 4.31 Å². The third kappa shape index (κ3) is 6.87. The van der Waals surface area contributed by atoms with Crippen LogP contribution in [-0.2, 0) is 10.0 Å². The Balaban J connectivity index is 2.51. The van der Waals surface area contributed by atoms with Crippen molar-refractivity contribution in [3.8, 4) is 0 Å². The Kier molecular flexibility index (Phi) is 7.47. The van der Waals surface area contributed by atoms with Crippen LogP contribution in [0.5, 0.6) is 0 Å². The summed E-state index contributed by atoms with van der Waals surface area (Å²) in [6, 6.07) is 6.99. The summed E-state index contributed by atoms with van der Waals surface area (Å²) in [5, 5.41) is 2.73. The summed E-state index contributed by atoms with van der Waals surface area (Å²) in [6.45, 7) is 1.57. The summed E-state index contributed by atoms with van der Waals surface area (Å²) >= 11 is 3.31. The Morgan fingerprint density at radius 3 is 2.23 bits per heavy atom. The van der Waals surface area contributed by atoms with E-state index in [9.17, 15) is 13.2 Å². The lowest BCUT2D eigenvalue weighted by atomic mass is 10.2. The van der Waals surface area contributed by atoms with Gasteiger partial charge in [-0.3, -0.25) is 4.79 Å². The molecule has 0 aliphatic heterocycles. The lowest BCUT2D eigenvalue weighted by Crippen LogP contribution is -2.41. The van der Waals surface area contributed by atoms with Crippen LogP contribution in [0.4, 0.5) is 0 Å². The Morgan fingerprint density at radius 1 is 1.14 bits per heavy atom. The molecular weight excluding hydrogens is 370 g/mol. The fourth-order valence-corrected chi connectivity index (χ4v) is 2.85. The lowest BCUT2D eigenvalue weighted by Gasteiger charge is -2.22. The van der Waals surface area contributed by atoms with Crippen molar-refractivity contribution >= 4 is 31.9 Å². The maximum Gasteiger partial charge on any atom is 0.251 e. The second-order valence-corrected chi connectivity index (χ2v) is 8.13. The maximum atomic E-state index is 12.0. The second kappa shape index (κ2) is 8.61. The van der Waals surface area contributed by atoms with Gasteiger partial charge in [-0.25, -0.2) is 8.42 Å². The van der Waals surface area contributed by atoms with Crippen LogP contribution < -0.4 is 5.32 Å². The number of likely N-dealkylation sites (N-methyl/N-ethyl adjacent to an activating group) is 1. The first-order valence-corrected chi connectivity index (χ1v) is 9.48. The average molecular weight is 392 g/mol. The molecule has 1 aromatic rings. The maximum absolute atomic E-state index is 12.0. The molecule has 0 saturated heterocycles. The molecule has 124 valence electrons. The van der Waals surface area contributed by atoms with Gasteiger partial charge in [-0.15, -0.1) is 0 Å². The summed E-state index contributed by atoms with van der Waals surface area (Å²) < 4.78 is 25.7. The van der Waals surface area contributed by atoms with Crippen molar-refractivity contribution < 1.29 is 13.2 Å². The zero-order chi connectivity index (χ0) is 16.8. The number of rotatable bonds is 8. The van der Waals surface area contributed by atoms with Crippen LogP contribution in [0.2, 0.25) is 0 Å². The van der Waals surface area contributed by atoms with Gasteiger partial charge in [-0.05, 0) is 38.4 Å². The summed E-state index contributed by atoms with van der Waals surface area (Å²) in [5.74, 6) is -0.214. The Hall–Kier alpha value is -0.960. The van der Waals surface area contributed by atoms with Crippen molar-refractivity contribution in [1.82, 2.24) is 14.5 Å². The highest BCUT2D eigenvalue weighted by Crippen LogP contribution is 2.10. The number of nitrogens with one attached hydrogen (secondary N) is 1. The topological polar surface area (TPSA) is 69.7 Å². The number of amides is 1. The average Bonchev–Trinajstić information content (AvgIpc) is 2.41. The van der Waals surface area contributed by atoms with E-state index in [1.165, 1.54) is 10.6 Å². The van der Waals surface area contributed by atoms with Gasteiger partial charge in [0.05, 0.1) is 6.26 Å². The highest BCUT2D eigenvalue weighted by Gasteiger charge is 2.16. The smallest absolute Gasteiger partial charge is 0.251 e. The second-order valence-electron chi connectivity index (χ2n) is 5.23. The third-order valence-corrected chi connectivity index (χ3v) is 4.85. The number of benzene rings is 1. The quantitative estimate of drug-likeness (QED) is 0.717. The molecule has 0 aliphatic rings. The molecule has 0 aromatic heterocycles. The van der Waals surface area contributed by atoms with E-state index in [1.807, 2.05) is 19.0 Å². The summed E-state index contributed by atoms with van der Waals surface area (Å²) in [4.78, 5) is 13.9. The molecular formula is C14H22BrN3O3S. The van der Waals surface area contributed by atoms with Gasteiger partial charge >= 0.3 is 0 Å². The normalized spacial score (nSPS) is 11.9. The number of nitrogens with zero attached hydrogens (tertiary/aromatic N) is 2. The van der Waals surface area contributed by atoms with E-state index in [4.69, 9.17) is 0 Å². The highest BCUT2D eigenvalue weighted by molar-refractivity contribution is 9.10. The Morgan fingerprint density at radius 2 is 1.73 bits per heavy atom. The zero-order valence-corrected chi connectivity index (χ0v) is 15.4. The molecule has 0 aliphatic carbocycles. The molecule has 0 unspecified atom stereocenters. The molecule has 1 aromatic carbocycles. The van der Waals surface area contributed by atoms with Crippen LogP contribution in [-0.4, -0.2) is 70.1 Å². The van der Waals surface area contributed by atoms with Gasteiger partial charge in [0.2, 0.25) is 10.0 Å². The molecule has 6 nitrogen and oxygen atoms in total. The zero-order valence-electron chi connectivity index (χ0n) is 13.0. The van der Waals surface area contributed by atoms with Crippen molar-refractivity contribution in [2.24, 2.45) is 0 Å². The molecule has 8 heteroatoms. The Labute approximate surface area is 140 Å². The number of sulfonamides is 1. The van der Waals surface area contributed by atoms with Crippen LogP contribution in [0.15, 0.2) is 28.7 Å². The standard InChI is InChI=1S/C14H22BrN3O3S/c1-17(2)10-11-18(22(3,20)21)9-8-16-14(19)12-4-6-13(15)7-5-12/h4-7H,8-11H2,1-3H3,(H,16,19). The van der Waals surface area contributed by atoms with E-state index < -0.39 is 10.0 Å². The van der Waals surface area contributed by atoms with E-state index in [0.29, 0.717) is 18.7 Å². The number of halogens is 1. The van der Waals surface area contributed by atoms with Gasteiger partial charge in [0.1, 0.15) is 0 Å². The number of hydrogen-bond acceptors (Lipinski definition) is 4. The van der Waals surface area contributed by atoms with Gasteiger partial charge in [0.25, 0.3) is 5.91 Å². The van der Waals surface area contributed by atoms with Crippen molar-refractivity contribution in [3.63, 3.8) is 0 Å². The van der Waals surface area contributed by atoms with Crippen molar-refractivity contribution in [2.75, 3.05) is 46.5 Å². The van der Waals surface area contributed by atoms with Gasteiger partial charge in [0.15, 0.2) is 0 Å². The summed E-state index contributed by atoms with van der Waals surface area (Å²) in [7, 11) is 0.490. The predicted octanol–water partition coefficient (Wildman–Crippen LogP) is 1.00. The fraction of sp³-hybridized carbons (Fsp3) is 0.500. The molecule has 22 heavy (non-hydrogen) atoms. The highest BCUT2D eigenvalue weighted by atomic mass is 79.9. The van der Waals surface area contributed by atoms with E-state index in [2.05, 4.69) is 21.2 Å². The van der Waals surface area contributed by atoms with E-state index in [1.54, 1.807) is 24.3 Å². The monoisotopic (exact) mass is 391 g/mol. The summed E-state index contributed by atoms with van der Waals surface area (Å²) in [6.07, 6.45) is 1.18. The first-order valence-electron chi connectivity index (χ1n) is 6.84. The minimum Gasteiger partial charge on any atom is -0.351 e. The minimum absolute atomic E-state index is 0.214. The molecule has 0 fully saturated rings. The van der Waals surface area contributed by atoms with Crippen LogP contribution in [0.1, 0.15) is 10.4 Å². The van der Waals surface area contributed by atoms with Crippen molar-refractivity contribution in [3.05, 3.63) is 34.3 Å². The van der Waals surface area contributed by atoms with Crippen LogP contribution in [0.25, 0.3) is 0 Å². The van der Waals surface area contributed by atoms with Gasteiger partial charge < -0.3 is 10.2 Å². The van der Waals surface area contributed by atoms with Gasteiger partial charge in [-0.1, -0.05) is 15.9 Å². The van der Waals surface area contributed by atoms with E-state index in [-0.39, 0.29) is 19.0 Å². The van der Waals surface area contributed by atoms with Crippen molar-refractivity contribution in [1.29, 1.82) is 0 Å². The lowest BCUT2D eigenvalue weighted by molar-refractivity contribution is 0.0951. The Bertz CT molecular complexity index is 588. The van der Waals surface area contributed by atoms with Crippen molar-refractivity contribution in [2.45, 2.75) is 0 Å². The van der Waals surface area contributed by atoms with E-state index in [0.717, 1.165) is 4.47 Å². The van der Waals surface area contributed by atoms with Crippen LogP contribution >= 0.6 is 15.9 Å². The number of carbonyl (C=O) groups excluding carboxylic acids is 1. The molecule has 0 radical (unpaired) electrons. The predicted molar refractivity (Wildman–Crippen MR) is 91.4 cm³/mol. The molecule has 1 N–H and O–H groups in total. The first-order chi connectivity index (χ1) is 10.2. The minimum atomic E-state index is -3.28. The molecule has 1 amide bonds. The molecule has 0 spiro atoms. The van der Waals surface area contributed by atoms with Gasteiger partial charge in [0, 0.05) is 36.2 Å². The molecule has 0 bridgehead atoms. The molecule has 0 atom stereocenters. The SMILES string of the molecule is CN(C)CCN(CCNC(=O)c1ccc(Br)cc1)S(C)(=O)=O. The largest absolute Gasteiger partial charge is 0.351 e. The number of carbonyl (C=O) groups is 1. The molecule has 1 rings (SSSR count). The fourth-order valence-electron chi connectivity index (χ4n) is 1.75. The first kappa shape index (κ1) is 19.1. The molecule has 0 saturated carbocycles. The molecule has 0 heterocycles. The summed E-state index contributed by atoms with van der Waals surface area (Å²) in [5.41, 5.74) is 0.544. The van der Waals surface area contributed by atoms with Crippen LogP contribution in [0, 0.1) is 0 Å². The van der Waals surface area contributed by atoms with E-state index >= 15 is 0 Å².